The first kappa shape index (κ1) is 20.3. The lowest BCUT2D eigenvalue weighted by Crippen LogP contribution is -2.29. The molecule has 0 fully saturated rings. The van der Waals surface area contributed by atoms with Crippen LogP contribution in [-0.2, 0) is 9.53 Å². The van der Waals surface area contributed by atoms with Crippen LogP contribution in [0.5, 0.6) is 5.75 Å². The van der Waals surface area contributed by atoms with Gasteiger partial charge >= 0.3 is 5.97 Å². The Morgan fingerprint density at radius 1 is 1.36 bits per heavy atom. The Labute approximate surface area is 169 Å². The number of fused-ring (bicyclic) bond motifs is 1. The standard InChI is InChI=1S/C20H26N4O3S/c1-5-7-11-27-15-10-8-9-14(12-15)17-16(18(25)26-4)13(3)21-19-22-20(28-6-2)23-24(17)19/h8-10,12,17H,5-7,11H2,1-4H3,(H,21,22,23). The number of allylic oxidation sites excluding steroid dienone is 1. The van der Waals surface area contributed by atoms with Crippen molar-refractivity contribution in [1.29, 1.82) is 0 Å². The van der Waals surface area contributed by atoms with E-state index in [4.69, 9.17) is 9.47 Å². The van der Waals surface area contributed by atoms with Crippen molar-refractivity contribution in [2.45, 2.75) is 44.8 Å². The molecule has 1 N–H and O–H groups in total. The summed E-state index contributed by atoms with van der Waals surface area (Å²) >= 11 is 1.56. The van der Waals surface area contributed by atoms with Gasteiger partial charge in [-0.25, -0.2) is 9.48 Å². The molecule has 0 amide bonds. The molecular formula is C20H26N4O3S. The molecule has 28 heavy (non-hydrogen) atoms. The van der Waals surface area contributed by atoms with Crippen LogP contribution < -0.4 is 10.1 Å². The summed E-state index contributed by atoms with van der Waals surface area (Å²) in [5.41, 5.74) is 2.12. The molecule has 1 atom stereocenters. The Kier molecular flexibility index (Phi) is 6.61. The van der Waals surface area contributed by atoms with Crippen molar-refractivity contribution in [2.75, 3.05) is 24.8 Å². The topological polar surface area (TPSA) is 78.3 Å². The second kappa shape index (κ2) is 9.14. The number of esters is 1. The summed E-state index contributed by atoms with van der Waals surface area (Å²) in [6.45, 7) is 6.70. The summed E-state index contributed by atoms with van der Waals surface area (Å²) in [4.78, 5) is 17.1. The predicted molar refractivity (Wildman–Crippen MR) is 110 cm³/mol. The van der Waals surface area contributed by atoms with Crippen LogP contribution in [-0.4, -0.2) is 40.2 Å². The number of ether oxygens (including phenoxy) is 2. The Morgan fingerprint density at radius 3 is 2.89 bits per heavy atom. The zero-order chi connectivity index (χ0) is 20.1. The summed E-state index contributed by atoms with van der Waals surface area (Å²) in [5.74, 6) is 1.86. The van der Waals surface area contributed by atoms with E-state index in [-0.39, 0.29) is 0 Å². The number of rotatable bonds is 8. The summed E-state index contributed by atoms with van der Waals surface area (Å²) in [6.07, 6.45) is 2.07. The van der Waals surface area contributed by atoms with Gasteiger partial charge in [0.25, 0.3) is 0 Å². The molecule has 0 radical (unpaired) electrons. The van der Waals surface area contributed by atoms with Crippen molar-refractivity contribution in [3.05, 3.63) is 41.1 Å². The van der Waals surface area contributed by atoms with E-state index in [9.17, 15) is 4.79 Å². The first-order valence-corrected chi connectivity index (χ1v) is 10.5. The number of thioether (sulfide) groups is 1. The Hall–Kier alpha value is -2.48. The average molecular weight is 403 g/mol. The maximum Gasteiger partial charge on any atom is 0.338 e. The molecule has 0 spiro atoms. The van der Waals surface area contributed by atoms with E-state index in [0.717, 1.165) is 29.9 Å². The Bertz CT molecular complexity index is 878. The number of anilines is 1. The third kappa shape index (κ3) is 4.16. The quantitative estimate of drug-likeness (QED) is 0.406. The van der Waals surface area contributed by atoms with Gasteiger partial charge in [-0.05, 0) is 36.8 Å². The van der Waals surface area contributed by atoms with Crippen molar-refractivity contribution in [3.8, 4) is 5.75 Å². The van der Waals surface area contributed by atoms with Crippen molar-refractivity contribution >= 4 is 23.7 Å². The highest BCUT2D eigenvalue weighted by Gasteiger charge is 2.35. The number of carbonyl (C=O) groups excluding carboxylic acids is 1. The van der Waals surface area contributed by atoms with Gasteiger partial charge in [-0.1, -0.05) is 44.2 Å². The smallest absolute Gasteiger partial charge is 0.338 e. The number of benzene rings is 1. The van der Waals surface area contributed by atoms with Crippen LogP contribution in [0.15, 0.2) is 40.7 Å². The van der Waals surface area contributed by atoms with Gasteiger partial charge < -0.3 is 14.8 Å². The molecule has 0 bridgehead atoms. The summed E-state index contributed by atoms with van der Waals surface area (Å²) in [7, 11) is 1.39. The number of nitrogens with one attached hydrogen (secondary N) is 1. The predicted octanol–water partition coefficient (Wildman–Crippen LogP) is 4.03. The number of hydrogen-bond acceptors (Lipinski definition) is 7. The molecule has 8 heteroatoms. The van der Waals surface area contributed by atoms with E-state index in [2.05, 4.69) is 29.2 Å². The zero-order valence-corrected chi connectivity index (χ0v) is 17.5. The Balaban J connectivity index is 2.04. The maximum absolute atomic E-state index is 12.6. The van der Waals surface area contributed by atoms with Gasteiger partial charge in [0.1, 0.15) is 11.8 Å². The van der Waals surface area contributed by atoms with E-state index >= 15 is 0 Å². The second-order valence-corrected chi connectivity index (χ2v) is 7.66. The first-order chi connectivity index (χ1) is 13.6. The highest BCUT2D eigenvalue weighted by molar-refractivity contribution is 7.99. The normalized spacial score (nSPS) is 15.8. The molecule has 0 saturated heterocycles. The van der Waals surface area contributed by atoms with Crippen LogP contribution in [0.25, 0.3) is 0 Å². The number of nitrogens with zero attached hydrogens (tertiary/aromatic N) is 3. The summed E-state index contributed by atoms with van der Waals surface area (Å²) < 4.78 is 12.7. The Morgan fingerprint density at radius 2 is 2.18 bits per heavy atom. The minimum Gasteiger partial charge on any atom is -0.494 e. The first-order valence-electron chi connectivity index (χ1n) is 9.47. The fraction of sp³-hybridized carbons (Fsp3) is 0.450. The monoisotopic (exact) mass is 402 g/mol. The molecular weight excluding hydrogens is 376 g/mol. The van der Waals surface area contributed by atoms with Gasteiger partial charge in [0.2, 0.25) is 11.1 Å². The van der Waals surface area contributed by atoms with E-state index < -0.39 is 12.0 Å². The molecule has 1 aromatic carbocycles. The van der Waals surface area contributed by atoms with Crippen LogP contribution in [0.1, 0.15) is 45.2 Å². The van der Waals surface area contributed by atoms with Crippen molar-refractivity contribution in [3.63, 3.8) is 0 Å². The fourth-order valence-corrected chi connectivity index (χ4v) is 3.67. The highest BCUT2D eigenvalue weighted by atomic mass is 32.2. The van der Waals surface area contributed by atoms with Gasteiger partial charge in [-0.2, -0.15) is 4.98 Å². The van der Waals surface area contributed by atoms with Crippen molar-refractivity contribution in [1.82, 2.24) is 14.8 Å². The van der Waals surface area contributed by atoms with Crippen LogP contribution >= 0.6 is 11.8 Å². The van der Waals surface area contributed by atoms with E-state index in [1.165, 1.54) is 7.11 Å². The minimum absolute atomic E-state index is 0.391. The summed E-state index contributed by atoms with van der Waals surface area (Å²) in [6, 6.07) is 7.35. The molecule has 1 unspecified atom stereocenters. The third-order valence-corrected chi connectivity index (χ3v) is 5.17. The molecule has 150 valence electrons. The lowest BCUT2D eigenvalue weighted by Gasteiger charge is -2.28. The third-order valence-electron chi connectivity index (χ3n) is 4.45. The lowest BCUT2D eigenvalue weighted by atomic mass is 9.95. The maximum atomic E-state index is 12.6. The number of methoxy groups -OCH3 is 1. The number of aromatic nitrogens is 3. The molecule has 7 nitrogen and oxygen atoms in total. The van der Waals surface area contributed by atoms with Gasteiger partial charge in [0.15, 0.2) is 0 Å². The fourth-order valence-electron chi connectivity index (χ4n) is 3.11. The molecule has 2 aromatic rings. The molecule has 1 aromatic heterocycles. The zero-order valence-electron chi connectivity index (χ0n) is 16.7. The average Bonchev–Trinajstić information content (AvgIpc) is 3.09. The van der Waals surface area contributed by atoms with Crippen LogP contribution in [0, 0.1) is 0 Å². The molecule has 0 saturated carbocycles. The van der Waals surface area contributed by atoms with Gasteiger partial charge in [0, 0.05) is 5.70 Å². The van der Waals surface area contributed by atoms with Gasteiger partial charge in [-0.3, -0.25) is 0 Å². The molecule has 1 aliphatic rings. The molecule has 0 aliphatic carbocycles. The van der Waals surface area contributed by atoms with Crippen molar-refractivity contribution < 1.29 is 14.3 Å². The molecule has 2 heterocycles. The second-order valence-electron chi connectivity index (χ2n) is 6.43. The molecule has 1 aliphatic heterocycles. The highest BCUT2D eigenvalue weighted by Crippen LogP contribution is 2.37. The van der Waals surface area contributed by atoms with Gasteiger partial charge in [-0.15, -0.1) is 5.10 Å². The number of carbonyl (C=O) groups is 1. The van der Waals surface area contributed by atoms with Crippen LogP contribution in [0.4, 0.5) is 5.95 Å². The van der Waals surface area contributed by atoms with Gasteiger partial charge in [0.05, 0.1) is 19.3 Å². The lowest BCUT2D eigenvalue weighted by molar-refractivity contribution is -0.136. The SMILES string of the molecule is CCCCOc1cccc(C2C(C(=O)OC)=C(C)Nc3nc(SCC)nn32)c1. The van der Waals surface area contributed by atoms with E-state index in [1.807, 2.05) is 31.2 Å². The molecule has 3 rings (SSSR count). The number of hydrogen-bond donors (Lipinski definition) is 1. The minimum atomic E-state index is -0.433. The largest absolute Gasteiger partial charge is 0.494 e. The van der Waals surface area contributed by atoms with Crippen molar-refractivity contribution in [2.24, 2.45) is 0 Å². The number of unbranched alkanes of at least 4 members (excludes halogenated alkanes) is 1. The van der Waals surface area contributed by atoms with E-state index in [0.29, 0.717) is 29.0 Å². The summed E-state index contributed by atoms with van der Waals surface area (Å²) in [5, 5.41) is 8.48. The van der Waals surface area contributed by atoms with E-state index in [1.54, 1.807) is 16.4 Å². The van der Waals surface area contributed by atoms with Crippen LogP contribution in [0.3, 0.4) is 0 Å². The van der Waals surface area contributed by atoms with Crippen LogP contribution in [0.2, 0.25) is 0 Å².